The van der Waals surface area contributed by atoms with Crippen LogP contribution < -0.4 is 10.5 Å². The molecule has 0 bridgehead atoms. The molecule has 0 unspecified atom stereocenters. The summed E-state index contributed by atoms with van der Waals surface area (Å²) in [4.78, 5) is 2.06. The molecule has 0 amide bonds. The van der Waals surface area contributed by atoms with Gasteiger partial charge in [-0.25, -0.2) is 22.0 Å². The minimum Gasteiger partial charge on any atom is -0.304 e. The van der Waals surface area contributed by atoms with Crippen LogP contribution in [0.25, 0.3) is 0 Å². The minimum atomic E-state index is -3.92. The third-order valence-corrected chi connectivity index (χ3v) is 9.58. The van der Waals surface area contributed by atoms with Gasteiger partial charge in [-0.1, -0.05) is 13.8 Å². The summed E-state index contributed by atoms with van der Waals surface area (Å²) in [5, 5.41) is 8.69. The number of nitrogens with one attached hydrogen (secondary N) is 1. The summed E-state index contributed by atoms with van der Waals surface area (Å²) in [6.45, 7) is 4.97. The Bertz CT molecular complexity index is 829. The summed E-state index contributed by atoms with van der Waals surface area (Å²) in [7, 11) is -5.50. The van der Waals surface area contributed by atoms with Gasteiger partial charge >= 0.3 is 0 Å². The molecule has 3 atom stereocenters. The lowest BCUT2D eigenvalue weighted by atomic mass is 9.92. The first-order chi connectivity index (χ1) is 10.5. The molecule has 10 heteroatoms. The van der Waals surface area contributed by atoms with Gasteiger partial charge < -0.3 is 5.32 Å². The summed E-state index contributed by atoms with van der Waals surface area (Å²) < 4.78 is 48.4. The molecule has 0 radical (unpaired) electrons. The Hall–Kier alpha value is -0.520. The normalized spacial score (nSPS) is 30.9. The second-order valence-corrected chi connectivity index (χ2v) is 11.7. The molecule has 1 aromatic rings. The Morgan fingerprint density at radius 3 is 2.65 bits per heavy atom. The van der Waals surface area contributed by atoms with E-state index in [1.807, 2.05) is 7.05 Å². The van der Waals surface area contributed by atoms with Crippen LogP contribution in [0.2, 0.25) is 0 Å². The fraction of sp³-hybridized carbons (Fsp3) is 0.692. The summed E-state index contributed by atoms with van der Waals surface area (Å²) in [5.41, 5.74) is 0.535. The molecular formula is C13H21N3O4S3. The Balaban J connectivity index is 2.13. The molecular weight excluding hydrogens is 358 g/mol. The van der Waals surface area contributed by atoms with E-state index in [0.29, 0.717) is 11.5 Å². The number of sulfone groups is 1. The number of likely N-dealkylation sites (N-methyl/N-ethyl adjacent to an activating group) is 1. The maximum Gasteiger partial charge on any atom is 0.247 e. The average Bonchev–Trinajstić information content (AvgIpc) is 2.86. The van der Waals surface area contributed by atoms with Crippen molar-refractivity contribution in [2.24, 2.45) is 11.1 Å². The molecule has 0 aliphatic carbocycles. The predicted molar refractivity (Wildman–Crippen MR) is 88.7 cm³/mol. The maximum atomic E-state index is 12.5. The second kappa shape index (κ2) is 5.50. The van der Waals surface area contributed by atoms with Crippen molar-refractivity contribution in [1.82, 2.24) is 10.2 Å². The zero-order chi connectivity index (χ0) is 17.2. The van der Waals surface area contributed by atoms with Gasteiger partial charge in [-0.15, -0.1) is 11.3 Å². The van der Waals surface area contributed by atoms with Crippen LogP contribution in [0.15, 0.2) is 14.5 Å². The number of primary sulfonamides is 1. The van der Waals surface area contributed by atoms with E-state index in [1.54, 1.807) is 0 Å². The van der Waals surface area contributed by atoms with Gasteiger partial charge in [0.2, 0.25) is 10.0 Å². The van der Waals surface area contributed by atoms with Crippen LogP contribution in [0.3, 0.4) is 0 Å². The summed E-state index contributed by atoms with van der Waals surface area (Å²) in [5.74, 6) is 0.375. The quantitative estimate of drug-likeness (QED) is 0.757. The second-order valence-electron chi connectivity index (χ2n) is 6.64. The first kappa shape index (κ1) is 17.3. The molecule has 2 aliphatic heterocycles. The van der Waals surface area contributed by atoms with Crippen LogP contribution in [0.5, 0.6) is 0 Å². The summed E-state index contributed by atoms with van der Waals surface area (Å²) >= 11 is 0.756. The Kier molecular flexibility index (Phi) is 4.14. The molecule has 130 valence electrons. The van der Waals surface area contributed by atoms with E-state index in [0.717, 1.165) is 17.9 Å². The van der Waals surface area contributed by atoms with Crippen molar-refractivity contribution in [1.29, 1.82) is 0 Å². The van der Waals surface area contributed by atoms with E-state index in [9.17, 15) is 16.8 Å². The lowest BCUT2D eigenvalue weighted by Crippen LogP contribution is -2.61. The molecule has 3 rings (SSSR count). The first-order valence-electron chi connectivity index (χ1n) is 7.36. The molecule has 1 saturated heterocycles. The molecule has 1 fully saturated rings. The maximum absolute atomic E-state index is 12.5. The molecule has 23 heavy (non-hydrogen) atoms. The van der Waals surface area contributed by atoms with Crippen molar-refractivity contribution >= 4 is 31.2 Å². The minimum absolute atomic E-state index is 0.0104. The van der Waals surface area contributed by atoms with E-state index in [1.165, 1.54) is 6.07 Å². The molecule has 3 heterocycles. The number of thiophene rings is 1. The summed E-state index contributed by atoms with van der Waals surface area (Å²) in [6.07, 6.45) is 0. The van der Waals surface area contributed by atoms with Gasteiger partial charge in [0.05, 0.1) is 11.8 Å². The van der Waals surface area contributed by atoms with Gasteiger partial charge in [0.1, 0.15) is 8.42 Å². The topological polar surface area (TPSA) is 110 Å². The number of hydrogen-bond acceptors (Lipinski definition) is 7. The van der Waals surface area contributed by atoms with Crippen LogP contribution in [-0.4, -0.2) is 53.2 Å². The number of rotatable bonds is 2. The molecule has 7 nitrogen and oxygen atoms in total. The highest BCUT2D eigenvalue weighted by Gasteiger charge is 2.46. The number of hydrogen-bond donors (Lipinski definition) is 2. The van der Waals surface area contributed by atoms with Crippen LogP contribution in [0.4, 0.5) is 0 Å². The van der Waals surface area contributed by atoms with E-state index < -0.39 is 19.9 Å². The zero-order valence-corrected chi connectivity index (χ0v) is 15.6. The van der Waals surface area contributed by atoms with Crippen molar-refractivity contribution in [2.45, 2.75) is 40.4 Å². The summed E-state index contributed by atoms with van der Waals surface area (Å²) in [6, 6.07) is 1.23. The highest BCUT2D eigenvalue weighted by Crippen LogP contribution is 2.42. The van der Waals surface area contributed by atoms with Crippen molar-refractivity contribution < 1.29 is 16.8 Å². The van der Waals surface area contributed by atoms with Crippen molar-refractivity contribution in [3.8, 4) is 0 Å². The van der Waals surface area contributed by atoms with E-state index in [2.05, 4.69) is 24.1 Å². The zero-order valence-electron chi connectivity index (χ0n) is 13.2. The van der Waals surface area contributed by atoms with Crippen LogP contribution in [0, 0.1) is 5.92 Å². The number of nitrogens with two attached hydrogens (primary N) is 1. The highest BCUT2D eigenvalue weighted by atomic mass is 32.3. The number of sulfonamides is 1. The standard InChI is InChI=1S/C13H21N3O4S3/c1-7(2)9-5-16(3)10-6-22(17,18)13-8(12(10)15-9)4-11(21-13)23(14,19)20/h4,7,9-10,12,15H,5-6H2,1-3H3,(H2,14,19,20)/t9-,10-,12-/m1/s1. The van der Waals surface area contributed by atoms with Crippen LogP contribution in [0.1, 0.15) is 25.5 Å². The molecule has 0 aromatic carbocycles. The first-order valence-corrected chi connectivity index (χ1v) is 11.4. The molecule has 2 aliphatic rings. The van der Waals surface area contributed by atoms with E-state index in [4.69, 9.17) is 5.14 Å². The van der Waals surface area contributed by atoms with Gasteiger partial charge in [-0.05, 0) is 19.0 Å². The molecule has 3 N–H and O–H groups in total. The monoisotopic (exact) mass is 379 g/mol. The average molecular weight is 380 g/mol. The van der Waals surface area contributed by atoms with Gasteiger partial charge in [0.15, 0.2) is 9.84 Å². The van der Waals surface area contributed by atoms with E-state index >= 15 is 0 Å². The van der Waals surface area contributed by atoms with Crippen LogP contribution >= 0.6 is 11.3 Å². The molecule has 0 saturated carbocycles. The van der Waals surface area contributed by atoms with Gasteiger partial charge in [-0.2, -0.15) is 0 Å². The number of piperazine rings is 1. The third-order valence-electron chi connectivity index (χ3n) is 4.62. The number of nitrogens with zero attached hydrogens (tertiary/aromatic N) is 1. The Morgan fingerprint density at radius 1 is 1.43 bits per heavy atom. The largest absolute Gasteiger partial charge is 0.304 e. The van der Waals surface area contributed by atoms with Gasteiger partial charge in [-0.3, -0.25) is 4.90 Å². The molecule has 0 spiro atoms. The van der Waals surface area contributed by atoms with E-state index in [-0.39, 0.29) is 32.3 Å². The molecule has 1 aromatic heterocycles. The Labute approximate surface area is 140 Å². The lowest BCUT2D eigenvalue weighted by molar-refractivity contribution is 0.107. The smallest absolute Gasteiger partial charge is 0.247 e. The SMILES string of the molecule is CC(C)[C@H]1CN(C)[C@@H]2CS(=O)(=O)c3sc(S(N)(=O)=O)cc3[C@H]2N1. The van der Waals surface area contributed by atoms with Crippen LogP contribution in [-0.2, 0) is 19.9 Å². The fourth-order valence-corrected chi connectivity index (χ4v) is 7.70. The Morgan fingerprint density at radius 2 is 2.09 bits per heavy atom. The third kappa shape index (κ3) is 2.96. The predicted octanol–water partition coefficient (Wildman–Crippen LogP) is 0.152. The highest BCUT2D eigenvalue weighted by molar-refractivity contribution is 7.95. The number of fused-ring (bicyclic) bond motifs is 3. The van der Waals surface area contributed by atoms with Crippen molar-refractivity contribution in [2.75, 3.05) is 19.3 Å². The van der Waals surface area contributed by atoms with Crippen molar-refractivity contribution in [3.63, 3.8) is 0 Å². The van der Waals surface area contributed by atoms with Gasteiger partial charge in [0, 0.05) is 24.2 Å². The van der Waals surface area contributed by atoms with Crippen molar-refractivity contribution in [3.05, 3.63) is 11.6 Å². The van der Waals surface area contributed by atoms with Gasteiger partial charge in [0.25, 0.3) is 0 Å². The fourth-order valence-electron chi connectivity index (χ4n) is 3.28. The lowest BCUT2D eigenvalue weighted by Gasteiger charge is -2.47.